The number of hydrogen-bond donors (Lipinski definition) is 1. The molecule has 8 heteroatoms. The fraction of sp³-hybridized carbons (Fsp3) is 0.308. The van der Waals surface area contributed by atoms with E-state index >= 15 is 0 Å². The molecule has 0 amide bonds. The van der Waals surface area contributed by atoms with E-state index in [1.807, 2.05) is 46.5 Å². The van der Waals surface area contributed by atoms with Gasteiger partial charge in [0, 0.05) is 59.3 Å². The molecule has 6 nitrogen and oxygen atoms in total. The third-order valence-corrected chi connectivity index (χ3v) is 8.98. The lowest BCUT2D eigenvalue weighted by molar-refractivity contribution is 0.0799. The van der Waals surface area contributed by atoms with Crippen molar-refractivity contribution >= 4 is 25.2 Å². The molecule has 0 unspecified atom stereocenters. The summed E-state index contributed by atoms with van der Waals surface area (Å²) in [5.41, 5.74) is 12.7. The number of thiophene rings is 1. The van der Waals surface area contributed by atoms with E-state index in [9.17, 15) is 0 Å². The molecule has 0 atom stereocenters. The van der Waals surface area contributed by atoms with Crippen LogP contribution in [0.1, 0.15) is 10.4 Å². The summed E-state index contributed by atoms with van der Waals surface area (Å²) in [4.78, 5) is 6.82. The number of hydrogen-bond acceptors (Lipinski definition) is 6. The number of anilines is 1. The van der Waals surface area contributed by atoms with Gasteiger partial charge in [0.25, 0.3) is 0 Å². The molecule has 3 aromatic heterocycles. The van der Waals surface area contributed by atoms with Crippen LogP contribution in [0.2, 0.25) is 25.7 Å². The molecule has 0 bridgehead atoms. The molecular weight excluding hydrogens is 460 g/mol. The highest BCUT2D eigenvalue weighted by Gasteiger charge is 2.30. The zero-order valence-electron chi connectivity index (χ0n) is 20.1. The third kappa shape index (κ3) is 4.53. The Morgan fingerprint density at radius 3 is 2.53 bits per heavy atom. The van der Waals surface area contributed by atoms with E-state index in [2.05, 4.69) is 42.8 Å². The molecule has 1 aromatic carbocycles. The maximum Gasteiger partial charge on any atom is 0.140 e. The molecule has 176 valence electrons. The van der Waals surface area contributed by atoms with Gasteiger partial charge in [-0.3, -0.25) is 0 Å². The second kappa shape index (κ2) is 9.01. The molecule has 0 radical (unpaired) electrons. The van der Waals surface area contributed by atoms with Gasteiger partial charge in [-0.05, 0) is 48.5 Å². The molecule has 0 aliphatic heterocycles. The van der Waals surface area contributed by atoms with Crippen LogP contribution in [0.15, 0.2) is 48.7 Å². The molecule has 0 spiro atoms. The fourth-order valence-electron chi connectivity index (χ4n) is 4.19. The number of ether oxygens (including phenoxy) is 2. The van der Waals surface area contributed by atoms with Crippen molar-refractivity contribution in [2.24, 2.45) is 0 Å². The Balaban J connectivity index is 1.50. The normalized spacial score (nSPS) is 12.6. The van der Waals surface area contributed by atoms with Crippen molar-refractivity contribution in [3.05, 3.63) is 59.1 Å². The first-order chi connectivity index (χ1) is 16.3. The van der Waals surface area contributed by atoms with Crippen LogP contribution in [0.5, 0.6) is 5.75 Å². The monoisotopic (exact) mass is 490 g/mol. The quantitative estimate of drug-likeness (QED) is 0.209. The maximum atomic E-state index is 6.12. The van der Waals surface area contributed by atoms with E-state index in [4.69, 9.17) is 20.3 Å². The number of pyridine rings is 1. The lowest BCUT2D eigenvalue weighted by atomic mass is 10.1. The number of fused-ring (bicyclic) bond motifs is 3. The average Bonchev–Trinajstić information content (AvgIpc) is 3.47. The topological polar surface area (TPSA) is 75.2 Å². The minimum absolute atomic E-state index is 0.455. The largest absolute Gasteiger partial charge is 0.497 e. The number of methoxy groups -OCH3 is 1. The average molecular weight is 491 g/mol. The molecule has 4 aromatic rings. The minimum Gasteiger partial charge on any atom is -0.497 e. The lowest BCUT2D eigenvalue weighted by Crippen LogP contribution is -2.22. The summed E-state index contributed by atoms with van der Waals surface area (Å²) < 4.78 is 13.5. The molecule has 1 aliphatic carbocycles. The van der Waals surface area contributed by atoms with Crippen molar-refractivity contribution in [3.63, 3.8) is 0 Å². The first-order valence-corrected chi connectivity index (χ1v) is 16.0. The van der Waals surface area contributed by atoms with Crippen LogP contribution >= 0.6 is 11.3 Å². The SMILES string of the molecule is COc1ccc(-c2nn(COCC[Si](C)(C)C)c3c2Cc2sc(-c4ccc(N)nc4)cc2-3)cc1. The van der Waals surface area contributed by atoms with Crippen LogP contribution < -0.4 is 10.5 Å². The summed E-state index contributed by atoms with van der Waals surface area (Å²) >= 11 is 1.82. The summed E-state index contributed by atoms with van der Waals surface area (Å²) in [5.74, 6) is 1.38. The van der Waals surface area contributed by atoms with Gasteiger partial charge < -0.3 is 15.2 Å². The molecule has 5 rings (SSSR count). The molecular formula is C26H30N4O2SSi. The Bertz CT molecular complexity index is 1300. The Morgan fingerprint density at radius 2 is 1.85 bits per heavy atom. The molecule has 2 N–H and O–H groups in total. The molecule has 0 saturated carbocycles. The minimum atomic E-state index is -1.15. The predicted molar refractivity (Wildman–Crippen MR) is 142 cm³/mol. The van der Waals surface area contributed by atoms with Crippen molar-refractivity contribution in [3.8, 4) is 38.7 Å². The van der Waals surface area contributed by atoms with Gasteiger partial charge >= 0.3 is 0 Å². The third-order valence-electron chi connectivity index (χ3n) is 6.10. The number of nitrogens with zero attached hydrogens (tertiary/aromatic N) is 3. The number of benzene rings is 1. The van der Waals surface area contributed by atoms with E-state index in [1.54, 1.807) is 7.11 Å². The summed E-state index contributed by atoms with van der Waals surface area (Å²) in [7, 11) is 0.538. The van der Waals surface area contributed by atoms with Gasteiger partial charge in [0.2, 0.25) is 0 Å². The van der Waals surface area contributed by atoms with Crippen LogP contribution in [0.25, 0.3) is 33.0 Å². The number of aromatic nitrogens is 3. The molecule has 0 saturated heterocycles. The highest BCUT2D eigenvalue weighted by atomic mass is 32.1. The molecule has 34 heavy (non-hydrogen) atoms. The van der Waals surface area contributed by atoms with Crippen molar-refractivity contribution < 1.29 is 9.47 Å². The van der Waals surface area contributed by atoms with Crippen molar-refractivity contribution in [1.29, 1.82) is 0 Å². The van der Waals surface area contributed by atoms with E-state index in [0.717, 1.165) is 41.6 Å². The molecule has 0 fully saturated rings. The van der Waals surface area contributed by atoms with E-state index < -0.39 is 8.07 Å². The second-order valence-corrected chi connectivity index (χ2v) is 16.6. The van der Waals surface area contributed by atoms with E-state index in [0.29, 0.717) is 12.5 Å². The Kier molecular flexibility index (Phi) is 6.05. The number of nitrogen functional groups attached to an aromatic ring is 1. The number of nitrogens with two attached hydrogens (primary N) is 1. The second-order valence-electron chi connectivity index (χ2n) is 9.85. The van der Waals surface area contributed by atoms with Gasteiger partial charge in [-0.25, -0.2) is 9.67 Å². The molecule has 1 aliphatic rings. The van der Waals surface area contributed by atoms with Crippen LogP contribution in [0, 0.1) is 0 Å². The van der Waals surface area contributed by atoms with E-state index in [1.165, 1.54) is 26.6 Å². The highest BCUT2D eigenvalue weighted by Crippen LogP contribution is 2.47. The van der Waals surface area contributed by atoms with Gasteiger partial charge in [0.15, 0.2) is 0 Å². The van der Waals surface area contributed by atoms with Crippen LogP contribution in [-0.2, 0) is 17.9 Å². The van der Waals surface area contributed by atoms with Crippen LogP contribution in [0.4, 0.5) is 5.82 Å². The highest BCUT2D eigenvalue weighted by molar-refractivity contribution is 7.16. The van der Waals surface area contributed by atoms with Gasteiger partial charge in [-0.15, -0.1) is 11.3 Å². The van der Waals surface area contributed by atoms with Gasteiger partial charge in [-0.2, -0.15) is 5.10 Å². The first kappa shape index (κ1) is 22.8. The fourth-order valence-corrected chi connectivity index (χ4v) is 6.11. The molecule has 3 heterocycles. The maximum absolute atomic E-state index is 6.12. The van der Waals surface area contributed by atoms with Crippen molar-refractivity contribution in [2.45, 2.75) is 38.8 Å². The smallest absolute Gasteiger partial charge is 0.140 e. The van der Waals surface area contributed by atoms with E-state index in [-0.39, 0.29) is 0 Å². The Hall–Kier alpha value is -2.94. The summed E-state index contributed by atoms with van der Waals surface area (Å²) in [5, 5.41) is 5.02. The zero-order chi connectivity index (χ0) is 23.9. The number of rotatable bonds is 8. The van der Waals surface area contributed by atoms with Crippen LogP contribution in [0.3, 0.4) is 0 Å². The Labute approximate surface area is 205 Å². The van der Waals surface area contributed by atoms with Gasteiger partial charge in [0.1, 0.15) is 18.3 Å². The van der Waals surface area contributed by atoms with Crippen molar-refractivity contribution in [2.75, 3.05) is 19.5 Å². The Morgan fingerprint density at radius 1 is 1.09 bits per heavy atom. The summed E-state index contributed by atoms with van der Waals surface area (Å²) in [6, 6.07) is 15.4. The van der Waals surface area contributed by atoms with Gasteiger partial charge in [-0.1, -0.05) is 19.6 Å². The standard InChI is InChI=1S/C26H30N4O2SSi/c1-31-19-8-5-17(6-9-19)25-21-14-23-20(13-22(33-23)18-7-10-24(27)28-15-18)26(21)30(29-25)16-32-11-12-34(2,3)4/h5-10,13,15H,11-12,14,16H2,1-4H3,(H2,27,28). The van der Waals surface area contributed by atoms with Crippen molar-refractivity contribution in [1.82, 2.24) is 14.8 Å². The van der Waals surface area contributed by atoms with Crippen LogP contribution in [-0.4, -0.2) is 36.6 Å². The first-order valence-electron chi connectivity index (χ1n) is 11.5. The lowest BCUT2D eigenvalue weighted by Gasteiger charge is -2.15. The van der Waals surface area contributed by atoms with Gasteiger partial charge in [0.05, 0.1) is 18.5 Å². The summed E-state index contributed by atoms with van der Waals surface area (Å²) in [6.07, 6.45) is 2.71. The summed E-state index contributed by atoms with van der Waals surface area (Å²) in [6.45, 7) is 8.33. The zero-order valence-corrected chi connectivity index (χ0v) is 21.9. The predicted octanol–water partition coefficient (Wildman–Crippen LogP) is 6.15.